The third kappa shape index (κ3) is 11.6. The van der Waals surface area contributed by atoms with Crippen LogP contribution in [-0.4, -0.2) is 55.7 Å². The molecule has 10 heteroatoms. The number of rotatable bonds is 17. The molecule has 2 aromatic rings. The molecule has 0 saturated heterocycles. The summed E-state index contributed by atoms with van der Waals surface area (Å²) in [5.41, 5.74) is 6.97. The van der Waals surface area contributed by atoms with Crippen LogP contribution in [0, 0.1) is 0 Å². The Labute approximate surface area is 235 Å². The van der Waals surface area contributed by atoms with E-state index in [0.29, 0.717) is 37.4 Å². The molecule has 40 heavy (non-hydrogen) atoms. The maximum Gasteiger partial charge on any atom is 0.416 e. The van der Waals surface area contributed by atoms with Crippen molar-refractivity contribution in [3.63, 3.8) is 0 Å². The maximum atomic E-state index is 13.2. The molecule has 0 spiro atoms. The van der Waals surface area contributed by atoms with Crippen LogP contribution in [0.4, 0.5) is 13.2 Å². The summed E-state index contributed by atoms with van der Waals surface area (Å²) in [5, 5.41) is 3.22. The number of ether oxygens (including phenoxy) is 2. The number of carbonyl (C=O) groups is 2. The van der Waals surface area contributed by atoms with Crippen molar-refractivity contribution in [2.24, 2.45) is 5.73 Å². The smallest absolute Gasteiger partial charge is 0.416 e. The average Bonchev–Trinajstić information content (AvgIpc) is 2.92. The number of nitrogens with two attached hydrogens (primary N) is 1. The molecule has 0 aromatic heterocycles. The van der Waals surface area contributed by atoms with Gasteiger partial charge in [-0.15, -0.1) is 0 Å². The number of benzene rings is 2. The van der Waals surface area contributed by atoms with Gasteiger partial charge < -0.3 is 25.4 Å². The third-order valence-electron chi connectivity index (χ3n) is 6.41. The van der Waals surface area contributed by atoms with E-state index in [9.17, 15) is 22.8 Å². The van der Waals surface area contributed by atoms with Crippen LogP contribution >= 0.6 is 0 Å². The van der Waals surface area contributed by atoms with Crippen LogP contribution in [0.25, 0.3) is 0 Å². The molecule has 2 rings (SSSR count). The van der Waals surface area contributed by atoms with Crippen LogP contribution < -0.4 is 15.8 Å². The summed E-state index contributed by atoms with van der Waals surface area (Å²) in [5.74, 6) is 0.210. The van der Waals surface area contributed by atoms with Crippen LogP contribution in [0.3, 0.4) is 0 Å². The second kappa shape index (κ2) is 16.9. The minimum absolute atomic E-state index is 0.00857. The normalized spacial score (nSPS) is 13.0. The van der Waals surface area contributed by atoms with E-state index in [1.807, 2.05) is 43.0 Å². The summed E-state index contributed by atoms with van der Waals surface area (Å²) in [6.07, 6.45) is -2.82. The second-order valence-corrected chi connectivity index (χ2v) is 9.81. The van der Waals surface area contributed by atoms with Gasteiger partial charge in [0.1, 0.15) is 11.9 Å². The minimum Gasteiger partial charge on any atom is -0.497 e. The molecule has 0 aliphatic rings. The average molecular weight is 566 g/mol. The van der Waals surface area contributed by atoms with E-state index in [1.165, 1.54) is 6.07 Å². The zero-order chi connectivity index (χ0) is 29.5. The van der Waals surface area contributed by atoms with Gasteiger partial charge in [-0.05, 0) is 55.0 Å². The highest BCUT2D eigenvalue weighted by molar-refractivity contribution is 5.77. The van der Waals surface area contributed by atoms with Gasteiger partial charge in [0.25, 0.3) is 0 Å². The van der Waals surface area contributed by atoms with Crippen molar-refractivity contribution in [1.82, 2.24) is 10.2 Å². The van der Waals surface area contributed by atoms with Gasteiger partial charge in [0.2, 0.25) is 5.91 Å². The molecule has 0 heterocycles. The Morgan fingerprint density at radius 3 is 2.33 bits per heavy atom. The monoisotopic (exact) mass is 565 g/mol. The first-order valence-electron chi connectivity index (χ1n) is 13.8. The van der Waals surface area contributed by atoms with Gasteiger partial charge in [0, 0.05) is 45.1 Å². The molecule has 0 saturated carbocycles. The van der Waals surface area contributed by atoms with Crippen LogP contribution in [0.1, 0.15) is 62.6 Å². The Bertz CT molecular complexity index is 1060. The number of halogens is 3. The maximum absolute atomic E-state index is 13.2. The molecular weight excluding hydrogens is 523 g/mol. The van der Waals surface area contributed by atoms with Crippen LogP contribution in [-0.2, 0) is 33.5 Å². The van der Waals surface area contributed by atoms with Gasteiger partial charge in [-0.25, -0.2) is 0 Å². The van der Waals surface area contributed by atoms with Crippen molar-refractivity contribution in [2.75, 3.05) is 26.7 Å². The molecule has 2 atom stereocenters. The molecule has 0 fully saturated rings. The first-order valence-corrected chi connectivity index (χ1v) is 13.8. The van der Waals surface area contributed by atoms with Gasteiger partial charge in [-0.2, -0.15) is 13.2 Å². The molecule has 0 radical (unpaired) electrons. The van der Waals surface area contributed by atoms with Crippen molar-refractivity contribution in [3.8, 4) is 5.75 Å². The third-order valence-corrected chi connectivity index (χ3v) is 6.41. The summed E-state index contributed by atoms with van der Waals surface area (Å²) in [7, 11) is 1.58. The zero-order valence-electron chi connectivity index (χ0n) is 23.6. The summed E-state index contributed by atoms with van der Waals surface area (Å²) in [6.45, 7) is 6.03. The van der Waals surface area contributed by atoms with Crippen molar-refractivity contribution < 1.29 is 32.2 Å². The number of hydrogen-bond acceptors (Lipinski definition) is 6. The van der Waals surface area contributed by atoms with E-state index in [-0.39, 0.29) is 31.7 Å². The number of hydrogen-bond donors (Lipinski definition) is 2. The number of esters is 1. The van der Waals surface area contributed by atoms with E-state index in [2.05, 4.69) is 5.32 Å². The molecule has 2 aromatic carbocycles. The molecular formula is C30H42F3N3O4. The van der Waals surface area contributed by atoms with Gasteiger partial charge in [0.05, 0.1) is 12.7 Å². The lowest BCUT2D eigenvalue weighted by atomic mass is 9.99. The number of nitrogens with zero attached hydrogens (tertiary/aromatic N) is 1. The SMILES string of the molecule is CCCN(CCC)C(=O)CCCC(=O)O[C@H](CNCc1cccc(OC)c1)[C@@H](N)Cc1cccc(C(F)(F)F)c1. The molecule has 3 N–H and O–H groups in total. The highest BCUT2D eigenvalue weighted by Crippen LogP contribution is 2.29. The molecule has 0 aliphatic heterocycles. The molecule has 222 valence electrons. The minimum atomic E-state index is -4.47. The van der Waals surface area contributed by atoms with Crippen molar-refractivity contribution in [2.45, 2.75) is 77.2 Å². The lowest BCUT2D eigenvalue weighted by Gasteiger charge is -2.25. The van der Waals surface area contributed by atoms with Gasteiger partial charge >= 0.3 is 12.1 Å². The van der Waals surface area contributed by atoms with Crippen molar-refractivity contribution in [3.05, 3.63) is 65.2 Å². The Hall–Kier alpha value is -3.11. The van der Waals surface area contributed by atoms with Crippen LogP contribution in [0.5, 0.6) is 5.75 Å². The molecule has 7 nitrogen and oxygen atoms in total. The number of amides is 1. The molecule has 0 aliphatic carbocycles. The topological polar surface area (TPSA) is 93.9 Å². The summed E-state index contributed by atoms with van der Waals surface area (Å²) >= 11 is 0. The first-order chi connectivity index (χ1) is 19.1. The highest BCUT2D eigenvalue weighted by Gasteiger charge is 2.31. The first kappa shape index (κ1) is 33.1. The number of methoxy groups -OCH3 is 1. The molecule has 0 unspecified atom stereocenters. The zero-order valence-corrected chi connectivity index (χ0v) is 23.6. The Morgan fingerprint density at radius 2 is 1.68 bits per heavy atom. The van der Waals surface area contributed by atoms with E-state index >= 15 is 0 Å². The van der Waals surface area contributed by atoms with E-state index in [0.717, 1.165) is 30.5 Å². The Kier molecular flexibility index (Phi) is 14.0. The fraction of sp³-hybridized carbons (Fsp3) is 0.533. The lowest BCUT2D eigenvalue weighted by molar-refractivity contribution is -0.150. The fourth-order valence-corrected chi connectivity index (χ4v) is 4.37. The van der Waals surface area contributed by atoms with Crippen molar-refractivity contribution >= 4 is 11.9 Å². The fourth-order valence-electron chi connectivity index (χ4n) is 4.37. The van der Waals surface area contributed by atoms with Crippen molar-refractivity contribution in [1.29, 1.82) is 0 Å². The lowest BCUT2D eigenvalue weighted by Crippen LogP contribution is -2.46. The van der Waals surface area contributed by atoms with Gasteiger partial charge in [-0.3, -0.25) is 9.59 Å². The summed E-state index contributed by atoms with van der Waals surface area (Å²) < 4.78 is 50.5. The van der Waals surface area contributed by atoms with E-state index in [4.69, 9.17) is 15.2 Å². The number of nitrogens with one attached hydrogen (secondary N) is 1. The van der Waals surface area contributed by atoms with E-state index < -0.39 is 29.9 Å². The molecule has 1 amide bonds. The second-order valence-electron chi connectivity index (χ2n) is 9.81. The number of alkyl halides is 3. The summed E-state index contributed by atoms with van der Waals surface area (Å²) in [4.78, 5) is 27.0. The quantitative estimate of drug-likeness (QED) is 0.259. The largest absolute Gasteiger partial charge is 0.497 e. The predicted octanol–water partition coefficient (Wildman–Crippen LogP) is 5.10. The summed E-state index contributed by atoms with van der Waals surface area (Å²) in [6, 6.07) is 11.7. The van der Waals surface area contributed by atoms with E-state index in [1.54, 1.807) is 13.2 Å². The van der Waals surface area contributed by atoms with Gasteiger partial charge in [-0.1, -0.05) is 44.2 Å². The standard InChI is InChI=1S/C30H42F3N3O4/c1-4-15-36(16-5-2)28(37)13-8-14-29(38)40-27(21-35-20-23-10-7-12-25(18-23)39-3)26(34)19-22-9-6-11-24(17-22)30(31,32)33/h6-7,9-12,17-18,26-27,35H,4-5,8,13-16,19-21,34H2,1-3H3/t26-,27+/m0/s1. The Morgan fingerprint density at radius 1 is 1.00 bits per heavy atom. The number of carbonyl (C=O) groups excluding carboxylic acids is 2. The van der Waals surface area contributed by atoms with Gasteiger partial charge in [0.15, 0.2) is 0 Å². The predicted molar refractivity (Wildman–Crippen MR) is 149 cm³/mol. The molecule has 0 bridgehead atoms. The van der Waals surface area contributed by atoms with Crippen LogP contribution in [0.15, 0.2) is 48.5 Å². The van der Waals surface area contributed by atoms with Crippen LogP contribution in [0.2, 0.25) is 0 Å². The highest BCUT2D eigenvalue weighted by atomic mass is 19.4. The Balaban J connectivity index is 2.03.